The largest absolute Gasteiger partial charge is 0.356 e. The molecule has 0 aliphatic rings. The number of carbonyl (C=O) groups excluding carboxylic acids is 2. The van der Waals surface area contributed by atoms with E-state index >= 15 is 0 Å². The van der Waals surface area contributed by atoms with Gasteiger partial charge in [0.1, 0.15) is 0 Å². The third kappa shape index (κ3) is 12.0. The molecule has 0 rings (SSSR count). The third-order valence-corrected chi connectivity index (χ3v) is 2.94. The molecular weight excluding hydrogens is 254 g/mol. The van der Waals surface area contributed by atoms with Crippen molar-refractivity contribution in [1.29, 1.82) is 0 Å². The summed E-state index contributed by atoms with van der Waals surface area (Å²) in [7, 11) is 0. The molecule has 0 spiro atoms. The van der Waals surface area contributed by atoms with Crippen LogP contribution in [0.15, 0.2) is 0 Å². The number of nitrogens with one attached hydrogen (secondary N) is 3. The highest BCUT2D eigenvalue weighted by atomic mass is 16.2. The van der Waals surface area contributed by atoms with Gasteiger partial charge in [0.05, 0.1) is 0 Å². The van der Waals surface area contributed by atoms with Crippen molar-refractivity contribution >= 4 is 11.8 Å². The van der Waals surface area contributed by atoms with Crippen LogP contribution in [-0.2, 0) is 9.59 Å². The summed E-state index contributed by atoms with van der Waals surface area (Å²) in [5.41, 5.74) is 0. The Morgan fingerprint density at radius 2 is 1.55 bits per heavy atom. The van der Waals surface area contributed by atoms with Gasteiger partial charge in [0, 0.05) is 32.5 Å². The molecule has 0 bridgehead atoms. The van der Waals surface area contributed by atoms with Gasteiger partial charge in [-0.2, -0.15) is 0 Å². The van der Waals surface area contributed by atoms with Gasteiger partial charge in [0.15, 0.2) is 0 Å². The number of amides is 2. The summed E-state index contributed by atoms with van der Waals surface area (Å²) in [6.07, 6.45) is 2.14. The van der Waals surface area contributed by atoms with E-state index in [9.17, 15) is 9.59 Å². The SMILES string of the molecule is CCNC(=O)CC(C)CCNCCNC(=O)CC(C)C. The van der Waals surface area contributed by atoms with Crippen LogP contribution in [0.1, 0.15) is 47.0 Å². The highest BCUT2D eigenvalue weighted by molar-refractivity contribution is 5.76. The fourth-order valence-electron chi connectivity index (χ4n) is 1.89. The maximum absolute atomic E-state index is 11.4. The van der Waals surface area contributed by atoms with Crippen LogP contribution in [-0.4, -0.2) is 38.0 Å². The van der Waals surface area contributed by atoms with Crippen LogP contribution in [0.4, 0.5) is 0 Å². The normalized spacial score (nSPS) is 12.2. The molecule has 0 saturated heterocycles. The van der Waals surface area contributed by atoms with Gasteiger partial charge >= 0.3 is 0 Å². The Hall–Kier alpha value is -1.10. The molecule has 118 valence electrons. The molecule has 0 saturated carbocycles. The molecule has 1 unspecified atom stereocenters. The fourth-order valence-corrected chi connectivity index (χ4v) is 1.89. The predicted molar refractivity (Wildman–Crippen MR) is 82.4 cm³/mol. The standard InChI is InChI=1S/C15H31N3O2/c1-5-17-15(20)11-13(4)6-7-16-8-9-18-14(19)10-12(2)3/h12-13,16H,5-11H2,1-4H3,(H,17,20)(H,18,19). The Morgan fingerprint density at radius 3 is 2.15 bits per heavy atom. The Morgan fingerprint density at radius 1 is 0.900 bits per heavy atom. The van der Waals surface area contributed by atoms with Crippen LogP contribution in [0.5, 0.6) is 0 Å². The van der Waals surface area contributed by atoms with Crippen LogP contribution < -0.4 is 16.0 Å². The van der Waals surface area contributed by atoms with Crippen molar-refractivity contribution in [3.8, 4) is 0 Å². The third-order valence-electron chi connectivity index (χ3n) is 2.94. The van der Waals surface area contributed by atoms with E-state index in [1.807, 2.05) is 20.8 Å². The van der Waals surface area contributed by atoms with Gasteiger partial charge in [-0.3, -0.25) is 9.59 Å². The van der Waals surface area contributed by atoms with Gasteiger partial charge in [-0.25, -0.2) is 0 Å². The van der Waals surface area contributed by atoms with E-state index in [2.05, 4.69) is 22.9 Å². The van der Waals surface area contributed by atoms with Gasteiger partial charge in [-0.1, -0.05) is 20.8 Å². The molecule has 0 radical (unpaired) electrons. The van der Waals surface area contributed by atoms with Gasteiger partial charge in [0.2, 0.25) is 11.8 Å². The number of hydrogen-bond donors (Lipinski definition) is 3. The average Bonchev–Trinajstić information content (AvgIpc) is 2.32. The summed E-state index contributed by atoms with van der Waals surface area (Å²) in [5, 5.41) is 8.98. The van der Waals surface area contributed by atoms with E-state index in [-0.39, 0.29) is 11.8 Å². The van der Waals surface area contributed by atoms with Crippen molar-refractivity contribution in [3.63, 3.8) is 0 Å². The Balaban J connectivity index is 3.43. The zero-order valence-corrected chi connectivity index (χ0v) is 13.4. The lowest BCUT2D eigenvalue weighted by Gasteiger charge is -2.12. The summed E-state index contributed by atoms with van der Waals surface area (Å²) in [4.78, 5) is 22.8. The van der Waals surface area contributed by atoms with Gasteiger partial charge in [-0.05, 0) is 31.7 Å². The summed E-state index contributed by atoms with van der Waals surface area (Å²) < 4.78 is 0. The molecule has 0 aromatic heterocycles. The monoisotopic (exact) mass is 285 g/mol. The first kappa shape index (κ1) is 18.9. The minimum Gasteiger partial charge on any atom is -0.356 e. The summed E-state index contributed by atoms with van der Waals surface area (Å²) >= 11 is 0. The molecule has 20 heavy (non-hydrogen) atoms. The molecule has 3 N–H and O–H groups in total. The molecule has 0 aliphatic carbocycles. The van der Waals surface area contributed by atoms with Crippen molar-refractivity contribution in [2.75, 3.05) is 26.2 Å². The Bertz CT molecular complexity index is 280. The number of hydrogen-bond acceptors (Lipinski definition) is 3. The molecule has 1 atom stereocenters. The molecular formula is C15H31N3O2. The maximum atomic E-state index is 11.4. The van der Waals surface area contributed by atoms with E-state index in [0.29, 0.717) is 37.8 Å². The first-order valence-corrected chi connectivity index (χ1v) is 7.69. The molecule has 0 aromatic rings. The number of carbonyl (C=O) groups is 2. The van der Waals surface area contributed by atoms with Crippen molar-refractivity contribution in [2.24, 2.45) is 11.8 Å². The van der Waals surface area contributed by atoms with E-state index in [1.165, 1.54) is 0 Å². The maximum Gasteiger partial charge on any atom is 0.220 e. The van der Waals surface area contributed by atoms with E-state index in [4.69, 9.17) is 0 Å². The van der Waals surface area contributed by atoms with Crippen LogP contribution in [0.2, 0.25) is 0 Å². The van der Waals surface area contributed by atoms with Crippen LogP contribution in [0.3, 0.4) is 0 Å². The second kappa shape index (κ2) is 11.7. The summed E-state index contributed by atoms with van der Waals surface area (Å²) in [6, 6.07) is 0. The first-order chi connectivity index (χ1) is 9.45. The van der Waals surface area contributed by atoms with Crippen LogP contribution in [0.25, 0.3) is 0 Å². The quantitative estimate of drug-likeness (QED) is 0.501. The predicted octanol–water partition coefficient (Wildman–Crippen LogP) is 1.29. The van der Waals surface area contributed by atoms with E-state index in [0.717, 1.165) is 19.5 Å². The summed E-state index contributed by atoms with van der Waals surface area (Å²) in [5.74, 6) is 1.02. The Labute approximate surface area is 123 Å². The second-order valence-electron chi connectivity index (χ2n) is 5.75. The van der Waals surface area contributed by atoms with Crippen molar-refractivity contribution in [2.45, 2.75) is 47.0 Å². The molecule has 5 heteroatoms. The minimum absolute atomic E-state index is 0.117. The van der Waals surface area contributed by atoms with Gasteiger partial charge < -0.3 is 16.0 Å². The molecule has 2 amide bonds. The topological polar surface area (TPSA) is 70.2 Å². The lowest BCUT2D eigenvalue weighted by molar-refractivity contribution is -0.122. The molecule has 0 heterocycles. The van der Waals surface area contributed by atoms with Gasteiger partial charge in [0.25, 0.3) is 0 Å². The van der Waals surface area contributed by atoms with Gasteiger partial charge in [-0.15, -0.1) is 0 Å². The van der Waals surface area contributed by atoms with E-state index < -0.39 is 0 Å². The highest BCUT2D eigenvalue weighted by Gasteiger charge is 2.07. The van der Waals surface area contributed by atoms with E-state index in [1.54, 1.807) is 0 Å². The fraction of sp³-hybridized carbons (Fsp3) is 0.867. The highest BCUT2D eigenvalue weighted by Crippen LogP contribution is 2.05. The number of rotatable bonds is 11. The smallest absolute Gasteiger partial charge is 0.220 e. The van der Waals surface area contributed by atoms with Crippen molar-refractivity contribution in [3.05, 3.63) is 0 Å². The second-order valence-corrected chi connectivity index (χ2v) is 5.75. The van der Waals surface area contributed by atoms with Crippen LogP contribution in [0, 0.1) is 11.8 Å². The van der Waals surface area contributed by atoms with Crippen LogP contribution >= 0.6 is 0 Å². The average molecular weight is 285 g/mol. The summed E-state index contributed by atoms with van der Waals surface area (Å²) in [6.45, 7) is 11.1. The first-order valence-electron chi connectivity index (χ1n) is 7.69. The Kier molecular flexibility index (Phi) is 11.1. The molecule has 5 nitrogen and oxygen atoms in total. The van der Waals surface area contributed by atoms with Crippen molar-refractivity contribution < 1.29 is 9.59 Å². The van der Waals surface area contributed by atoms with Crippen molar-refractivity contribution in [1.82, 2.24) is 16.0 Å². The lowest BCUT2D eigenvalue weighted by atomic mass is 10.0. The molecule has 0 aromatic carbocycles. The zero-order valence-electron chi connectivity index (χ0n) is 13.4. The minimum atomic E-state index is 0.117. The molecule has 0 fully saturated rings. The zero-order chi connectivity index (χ0) is 15.4. The molecule has 0 aliphatic heterocycles. The lowest BCUT2D eigenvalue weighted by Crippen LogP contribution is -2.33.